The maximum Gasteiger partial charge on any atom is 0.0426 e. The predicted molar refractivity (Wildman–Crippen MR) is 79.2 cm³/mol. The molecule has 0 saturated carbocycles. The maximum atomic E-state index is 6.12. The first-order chi connectivity index (χ1) is 8.52. The van der Waals surface area contributed by atoms with E-state index in [1.54, 1.807) is 0 Å². The quantitative estimate of drug-likeness (QED) is 0.882. The topological polar surface area (TPSA) is 29.3 Å². The Bertz CT molecular complexity index is 415. The van der Waals surface area contributed by atoms with E-state index in [4.69, 9.17) is 17.3 Å². The van der Waals surface area contributed by atoms with Crippen LogP contribution in [-0.4, -0.2) is 13.1 Å². The summed E-state index contributed by atoms with van der Waals surface area (Å²) < 4.78 is 0. The standard InChI is InChI=1S/C15H23ClN2/c1-15(2)6-3-8-18(9-7-15)14-10-13(16)5-4-12(14)11-17/h4-5,10H,3,6-9,11,17H2,1-2H3. The number of rotatable bonds is 2. The molecule has 0 unspecified atom stereocenters. The largest absolute Gasteiger partial charge is 0.371 e. The highest BCUT2D eigenvalue weighted by molar-refractivity contribution is 6.30. The fraction of sp³-hybridized carbons (Fsp3) is 0.600. The molecular weight excluding hydrogens is 244 g/mol. The van der Waals surface area contributed by atoms with Crippen LogP contribution in [0.2, 0.25) is 5.02 Å². The Morgan fingerprint density at radius 1 is 1.28 bits per heavy atom. The Morgan fingerprint density at radius 3 is 2.78 bits per heavy atom. The fourth-order valence-corrected chi connectivity index (χ4v) is 2.83. The van der Waals surface area contributed by atoms with Crippen molar-refractivity contribution < 1.29 is 0 Å². The third kappa shape index (κ3) is 3.18. The molecule has 0 aromatic heterocycles. The number of benzene rings is 1. The molecule has 2 rings (SSSR count). The molecule has 1 aliphatic rings. The smallest absolute Gasteiger partial charge is 0.0426 e. The van der Waals surface area contributed by atoms with Crippen LogP contribution in [0.15, 0.2) is 18.2 Å². The molecular formula is C15H23ClN2. The van der Waals surface area contributed by atoms with Crippen LogP contribution in [0.25, 0.3) is 0 Å². The van der Waals surface area contributed by atoms with Crippen LogP contribution in [0.5, 0.6) is 0 Å². The van der Waals surface area contributed by atoms with Crippen molar-refractivity contribution >= 4 is 17.3 Å². The number of hydrogen-bond donors (Lipinski definition) is 1. The van der Waals surface area contributed by atoms with E-state index in [0.717, 1.165) is 18.1 Å². The Balaban J connectivity index is 2.23. The molecule has 2 N–H and O–H groups in total. The van der Waals surface area contributed by atoms with Gasteiger partial charge in [0, 0.05) is 30.3 Å². The van der Waals surface area contributed by atoms with Crippen LogP contribution in [0.4, 0.5) is 5.69 Å². The summed E-state index contributed by atoms with van der Waals surface area (Å²) in [5, 5.41) is 0.797. The van der Waals surface area contributed by atoms with Crippen molar-refractivity contribution in [3.05, 3.63) is 28.8 Å². The van der Waals surface area contributed by atoms with E-state index in [9.17, 15) is 0 Å². The molecule has 0 atom stereocenters. The number of nitrogens with zero attached hydrogens (tertiary/aromatic N) is 1. The molecule has 1 fully saturated rings. The summed E-state index contributed by atoms with van der Waals surface area (Å²) in [6.07, 6.45) is 3.76. The Labute approximate surface area is 115 Å². The zero-order valence-electron chi connectivity index (χ0n) is 11.4. The van der Waals surface area contributed by atoms with Gasteiger partial charge in [0.05, 0.1) is 0 Å². The minimum absolute atomic E-state index is 0.455. The number of anilines is 1. The minimum Gasteiger partial charge on any atom is -0.371 e. The Morgan fingerprint density at radius 2 is 2.06 bits per heavy atom. The number of hydrogen-bond acceptors (Lipinski definition) is 2. The molecule has 1 aliphatic heterocycles. The molecule has 0 amide bonds. The molecule has 0 spiro atoms. The summed E-state index contributed by atoms with van der Waals surface area (Å²) in [6.45, 7) is 7.50. The molecule has 1 saturated heterocycles. The van der Waals surface area contributed by atoms with Crippen LogP contribution in [-0.2, 0) is 6.54 Å². The SMILES string of the molecule is CC1(C)CCCN(c2cc(Cl)ccc2CN)CC1. The van der Waals surface area contributed by atoms with Gasteiger partial charge in [-0.05, 0) is 42.4 Å². The van der Waals surface area contributed by atoms with Gasteiger partial charge < -0.3 is 10.6 Å². The average molecular weight is 267 g/mol. The van der Waals surface area contributed by atoms with Crippen molar-refractivity contribution in [1.29, 1.82) is 0 Å². The first-order valence-electron chi connectivity index (χ1n) is 6.75. The summed E-state index contributed by atoms with van der Waals surface area (Å²) in [4.78, 5) is 2.45. The molecule has 0 aliphatic carbocycles. The van der Waals surface area contributed by atoms with E-state index in [1.807, 2.05) is 12.1 Å². The molecule has 0 bridgehead atoms. The van der Waals surface area contributed by atoms with Crippen LogP contribution in [0.3, 0.4) is 0 Å². The average Bonchev–Trinajstić information content (AvgIpc) is 2.50. The van der Waals surface area contributed by atoms with Crippen LogP contribution in [0, 0.1) is 5.41 Å². The molecule has 2 nitrogen and oxygen atoms in total. The van der Waals surface area contributed by atoms with Crippen LogP contribution in [0.1, 0.15) is 38.7 Å². The third-order valence-corrected chi connectivity index (χ3v) is 4.18. The van der Waals surface area contributed by atoms with Crippen LogP contribution >= 0.6 is 11.6 Å². The van der Waals surface area contributed by atoms with Gasteiger partial charge in [0.2, 0.25) is 0 Å². The van der Waals surface area contributed by atoms with E-state index >= 15 is 0 Å². The second-order valence-electron chi connectivity index (χ2n) is 5.98. The molecule has 1 heterocycles. The highest BCUT2D eigenvalue weighted by Crippen LogP contribution is 2.33. The highest BCUT2D eigenvalue weighted by atomic mass is 35.5. The molecule has 1 aromatic carbocycles. The van der Waals surface area contributed by atoms with Crippen molar-refractivity contribution in [3.8, 4) is 0 Å². The van der Waals surface area contributed by atoms with E-state index in [2.05, 4.69) is 24.8 Å². The van der Waals surface area contributed by atoms with Crippen molar-refractivity contribution in [2.45, 2.75) is 39.7 Å². The third-order valence-electron chi connectivity index (χ3n) is 3.95. The fourth-order valence-electron chi connectivity index (χ4n) is 2.67. The first kappa shape index (κ1) is 13.7. The van der Waals surface area contributed by atoms with Crippen molar-refractivity contribution in [3.63, 3.8) is 0 Å². The van der Waals surface area contributed by atoms with Gasteiger partial charge in [-0.1, -0.05) is 31.5 Å². The summed E-state index contributed by atoms with van der Waals surface area (Å²) in [5.74, 6) is 0. The molecule has 0 radical (unpaired) electrons. The second kappa shape index (κ2) is 5.50. The van der Waals surface area contributed by atoms with Crippen molar-refractivity contribution in [2.75, 3.05) is 18.0 Å². The lowest BCUT2D eigenvalue weighted by Crippen LogP contribution is -2.26. The van der Waals surface area contributed by atoms with Gasteiger partial charge in [-0.15, -0.1) is 0 Å². The molecule has 3 heteroatoms. The second-order valence-corrected chi connectivity index (χ2v) is 6.42. The lowest BCUT2D eigenvalue weighted by atomic mass is 9.85. The van der Waals surface area contributed by atoms with E-state index in [1.165, 1.54) is 30.5 Å². The van der Waals surface area contributed by atoms with E-state index in [-0.39, 0.29) is 0 Å². The van der Waals surface area contributed by atoms with Gasteiger partial charge in [0.1, 0.15) is 0 Å². The monoisotopic (exact) mass is 266 g/mol. The minimum atomic E-state index is 0.455. The van der Waals surface area contributed by atoms with Crippen LogP contribution < -0.4 is 10.6 Å². The Hall–Kier alpha value is -0.730. The maximum absolute atomic E-state index is 6.12. The summed E-state index contributed by atoms with van der Waals surface area (Å²) in [7, 11) is 0. The lowest BCUT2D eigenvalue weighted by Gasteiger charge is -2.27. The molecule has 100 valence electrons. The zero-order chi connectivity index (χ0) is 13.2. The van der Waals surface area contributed by atoms with Gasteiger partial charge in [0.25, 0.3) is 0 Å². The van der Waals surface area contributed by atoms with Gasteiger partial charge in [-0.25, -0.2) is 0 Å². The van der Waals surface area contributed by atoms with Gasteiger partial charge in [-0.3, -0.25) is 0 Å². The normalized spacial score (nSPS) is 19.7. The summed E-state index contributed by atoms with van der Waals surface area (Å²) in [5.41, 5.74) is 8.70. The number of halogens is 1. The van der Waals surface area contributed by atoms with E-state index < -0.39 is 0 Å². The zero-order valence-corrected chi connectivity index (χ0v) is 12.1. The van der Waals surface area contributed by atoms with Gasteiger partial charge in [0.15, 0.2) is 0 Å². The molecule has 18 heavy (non-hydrogen) atoms. The molecule has 1 aromatic rings. The summed E-state index contributed by atoms with van der Waals surface area (Å²) in [6, 6.07) is 6.03. The van der Waals surface area contributed by atoms with Gasteiger partial charge in [-0.2, -0.15) is 0 Å². The Kier molecular flexibility index (Phi) is 4.18. The van der Waals surface area contributed by atoms with Crippen molar-refractivity contribution in [1.82, 2.24) is 0 Å². The lowest BCUT2D eigenvalue weighted by molar-refractivity contribution is 0.325. The van der Waals surface area contributed by atoms with Gasteiger partial charge >= 0.3 is 0 Å². The van der Waals surface area contributed by atoms with Crippen molar-refractivity contribution in [2.24, 2.45) is 11.1 Å². The highest BCUT2D eigenvalue weighted by Gasteiger charge is 2.24. The number of nitrogens with two attached hydrogens (primary N) is 1. The predicted octanol–water partition coefficient (Wildman–Crippen LogP) is 3.82. The van der Waals surface area contributed by atoms with E-state index in [0.29, 0.717) is 12.0 Å². The summed E-state index contributed by atoms with van der Waals surface area (Å²) >= 11 is 6.12. The first-order valence-corrected chi connectivity index (χ1v) is 7.13.